The molecule has 4 nitrogen and oxygen atoms in total. The van der Waals surface area contributed by atoms with Gasteiger partial charge in [-0.2, -0.15) is 5.10 Å². The Morgan fingerprint density at radius 1 is 1.79 bits per heavy atom. The fraction of sp³-hybridized carbons (Fsp3) is 0.600. The van der Waals surface area contributed by atoms with Gasteiger partial charge in [0.15, 0.2) is 0 Å². The first-order chi connectivity index (χ1) is 6.81. The molecular weight excluding hydrogens is 178 g/mol. The number of hydrogen-bond donors (Lipinski definition) is 1. The van der Waals surface area contributed by atoms with Gasteiger partial charge in [0, 0.05) is 31.3 Å². The molecule has 2 heterocycles. The summed E-state index contributed by atoms with van der Waals surface area (Å²) in [7, 11) is 0. The highest BCUT2D eigenvalue weighted by Gasteiger charge is 2.29. The number of rotatable bonds is 3. The second kappa shape index (κ2) is 3.82. The van der Waals surface area contributed by atoms with Gasteiger partial charge in [-0.1, -0.05) is 6.92 Å². The van der Waals surface area contributed by atoms with E-state index in [1.807, 2.05) is 16.9 Å². The molecule has 0 spiro atoms. The van der Waals surface area contributed by atoms with Crippen LogP contribution in [0.2, 0.25) is 0 Å². The van der Waals surface area contributed by atoms with E-state index in [1.165, 1.54) is 0 Å². The number of carbonyl (C=O) groups excluding carboxylic acids is 1. The topological polar surface area (TPSA) is 46.9 Å². The molecule has 1 aromatic heterocycles. The summed E-state index contributed by atoms with van der Waals surface area (Å²) in [6.07, 6.45) is 5.41. The van der Waals surface area contributed by atoms with E-state index in [0.717, 1.165) is 13.0 Å². The molecule has 4 heteroatoms. The number of nitrogens with one attached hydrogen (secondary N) is 1. The zero-order valence-electron chi connectivity index (χ0n) is 8.31. The highest BCUT2D eigenvalue weighted by atomic mass is 16.1. The molecule has 0 aliphatic carbocycles. The second-order valence-corrected chi connectivity index (χ2v) is 3.73. The zero-order chi connectivity index (χ0) is 9.97. The first-order valence-corrected chi connectivity index (χ1v) is 5.07. The molecule has 1 N–H and O–H groups in total. The Labute approximate surface area is 83.3 Å². The summed E-state index contributed by atoms with van der Waals surface area (Å²) in [6.45, 7) is 2.92. The normalized spacial score (nSPS) is 23.5. The van der Waals surface area contributed by atoms with Crippen molar-refractivity contribution in [1.29, 1.82) is 0 Å². The van der Waals surface area contributed by atoms with Crippen molar-refractivity contribution in [3.05, 3.63) is 18.5 Å². The van der Waals surface area contributed by atoms with E-state index < -0.39 is 0 Å². The van der Waals surface area contributed by atoms with E-state index in [1.54, 1.807) is 6.20 Å². The molecule has 2 rings (SSSR count). The zero-order valence-corrected chi connectivity index (χ0v) is 8.31. The van der Waals surface area contributed by atoms with Crippen LogP contribution in [0, 0.1) is 5.92 Å². The third-order valence-electron chi connectivity index (χ3n) is 2.84. The number of hydrogen-bond acceptors (Lipinski definition) is 2. The Morgan fingerprint density at radius 2 is 2.64 bits per heavy atom. The quantitative estimate of drug-likeness (QED) is 0.777. The molecule has 1 amide bonds. The number of carbonyl (C=O) groups is 1. The SMILES string of the molecule is CCC(C1CNC(=O)C1)n1cccn1. The van der Waals surface area contributed by atoms with Gasteiger partial charge in [0.1, 0.15) is 0 Å². The first-order valence-electron chi connectivity index (χ1n) is 5.07. The fourth-order valence-electron chi connectivity index (χ4n) is 2.11. The van der Waals surface area contributed by atoms with Crippen LogP contribution >= 0.6 is 0 Å². The van der Waals surface area contributed by atoms with Crippen LogP contribution < -0.4 is 5.32 Å². The average molecular weight is 193 g/mol. The van der Waals surface area contributed by atoms with Gasteiger partial charge < -0.3 is 5.32 Å². The third-order valence-corrected chi connectivity index (χ3v) is 2.84. The molecule has 2 atom stereocenters. The van der Waals surface area contributed by atoms with Crippen LogP contribution in [0.3, 0.4) is 0 Å². The van der Waals surface area contributed by atoms with Crippen LogP contribution in [-0.2, 0) is 4.79 Å². The van der Waals surface area contributed by atoms with Crippen LogP contribution in [0.1, 0.15) is 25.8 Å². The van der Waals surface area contributed by atoms with E-state index >= 15 is 0 Å². The summed E-state index contributed by atoms with van der Waals surface area (Å²) >= 11 is 0. The smallest absolute Gasteiger partial charge is 0.220 e. The third kappa shape index (κ3) is 1.64. The Bertz CT molecular complexity index is 307. The predicted octanol–water partition coefficient (Wildman–Crippen LogP) is 0.970. The van der Waals surface area contributed by atoms with Gasteiger partial charge in [-0.25, -0.2) is 0 Å². The summed E-state index contributed by atoms with van der Waals surface area (Å²) in [6, 6.07) is 2.27. The van der Waals surface area contributed by atoms with Crippen LogP contribution in [0.5, 0.6) is 0 Å². The van der Waals surface area contributed by atoms with Gasteiger partial charge >= 0.3 is 0 Å². The number of aromatic nitrogens is 2. The molecule has 0 saturated carbocycles. The molecule has 14 heavy (non-hydrogen) atoms. The van der Waals surface area contributed by atoms with Crippen molar-refractivity contribution in [2.75, 3.05) is 6.54 Å². The maximum atomic E-state index is 11.1. The lowest BCUT2D eigenvalue weighted by Gasteiger charge is -2.20. The Hall–Kier alpha value is -1.32. The fourth-order valence-corrected chi connectivity index (χ4v) is 2.11. The molecule has 0 bridgehead atoms. The molecule has 1 fully saturated rings. The molecular formula is C10H15N3O. The molecule has 76 valence electrons. The lowest BCUT2D eigenvalue weighted by Crippen LogP contribution is -2.21. The van der Waals surface area contributed by atoms with E-state index in [-0.39, 0.29) is 5.91 Å². The number of nitrogens with zero attached hydrogens (tertiary/aromatic N) is 2. The lowest BCUT2D eigenvalue weighted by atomic mass is 9.97. The average Bonchev–Trinajstić information content (AvgIpc) is 2.79. The van der Waals surface area contributed by atoms with Crippen LogP contribution in [0.15, 0.2) is 18.5 Å². The van der Waals surface area contributed by atoms with E-state index in [9.17, 15) is 4.79 Å². The number of amides is 1. The molecule has 1 aromatic rings. The van der Waals surface area contributed by atoms with Gasteiger partial charge in [0.25, 0.3) is 0 Å². The standard InChI is InChI=1S/C10H15N3O/c1-2-9(13-5-3-4-12-13)8-6-10(14)11-7-8/h3-5,8-9H,2,6-7H2,1H3,(H,11,14). The van der Waals surface area contributed by atoms with Crippen molar-refractivity contribution in [2.24, 2.45) is 5.92 Å². The van der Waals surface area contributed by atoms with Crippen molar-refractivity contribution in [3.63, 3.8) is 0 Å². The van der Waals surface area contributed by atoms with Crippen LogP contribution in [-0.4, -0.2) is 22.2 Å². The minimum Gasteiger partial charge on any atom is -0.356 e. The summed E-state index contributed by atoms with van der Waals surface area (Å²) in [5, 5.41) is 7.10. The van der Waals surface area contributed by atoms with Crippen molar-refractivity contribution in [3.8, 4) is 0 Å². The molecule has 1 saturated heterocycles. The van der Waals surface area contributed by atoms with Crippen molar-refractivity contribution in [1.82, 2.24) is 15.1 Å². The highest BCUT2D eigenvalue weighted by molar-refractivity contribution is 5.78. The highest BCUT2D eigenvalue weighted by Crippen LogP contribution is 2.26. The Kier molecular flexibility index (Phi) is 2.52. The molecule has 1 aliphatic heterocycles. The van der Waals surface area contributed by atoms with Gasteiger partial charge in [0.05, 0.1) is 6.04 Å². The van der Waals surface area contributed by atoms with Gasteiger partial charge in [-0.05, 0) is 12.5 Å². The molecule has 2 unspecified atom stereocenters. The van der Waals surface area contributed by atoms with Crippen molar-refractivity contribution < 1.29 is 4.79 Å². The van der Waals surface area contributed by atoms with Gasteiger partial charge in [-0.15, -0.1) is 0 Å². The van der Waals surface area contributed by atoms with E-state index in [0.29, 0.717) is 18.4 Å². The summed E-state index contributed by atoms with van der Waals surface area (Å²) in [5.74, 6) is 0.563. The summed E-state index contributed by atoms with van der Waals surface area (Å²) < 4.78 is 1.96. The van der Waals surface area contributed by atoms with E-state index in [4.69, 9.17) is 0 Å². The predicted molar refractivity (Wildman–Crippen MR) is 52.7 cm³/mol. The lowest BCUT2D eigenvalue weighted by molar-refractivity contribution is -0.119. The maximum absolute atomic E-state index is 11.1. The van der Waals surface area contributed by atoms with Crippen LogP contribution in [0.25, 0.3) is 0 Å². The molecule has 0 radical (unpaired) electrons. The molecule has 1 aliphatic rings. The Morgan fingerprint density at radius 3 is 3.14 bits per heavy atom. The molecule has 0 aromatic carbocycles. The van der Waals surface area contributed by atoms with Crippen molar-refractivity contribution in [2.45, 2.75) is 25.8 Å². The van der Waals surface area contributed by atoms with Crippen molar-refractivity contribution >= 4 is 5.91 Å². The van der Waals surface area contributed by atoms with E-state index in [2.05, 4.69) is 17.3 Å². The monoisotopic (exact) mass is 193 g/mol. The second-order valence-electron chi connectivity index (χ2n) is 3.73. The minimum atomic E-state index is 0.167. The van der Waals surface area contributed by atoms with Crippen LogP contribution in [0.4, 0.5) is 0 Å². The first kappa shape index (κ1) is 9.24. The largest absolute Gasteiger partial charge is 0.356 e. The summed E-state index contributed by atoms with van der Waals surface area (Å²) in [5.41, 5.74) is 0. The Balaban J connectivity index is 2.10. The van der Waals surface area contributed by atoms with Gasteiger partial charge in [0.2, 0.25) is 5.91 Å². The maximum Gasteiger partial charge on any atom is 0.220 e. The summed E-state index contributed by atoms with van der Waals surface area (Å²) in [4.78, 5) is 11.1. The minimum absolute atomic E-state index is 0.167. The van der Waals surface area contributed by atoms with Gasteiger partial charge in [-0.3, -0.25) is 9.48 Å².